The minimum absolute atomic E-state index is 0.227. The first-order valence-electron chi connectivity index (χ1n) is 11.8. The van der Waals surface area contributed by atoms with Crippen molar-refractivity contribution in [1.29, 1.82) is 0 Å². The highest BCUT2D eigenvalue weighted by molar-refractivity contribution is 8.26. The molecule has 3 amide bonds. The molecule has 0 spiro atoms. The third-order valence-electron chi connectivity index (χ3n) is 6.01. The van der Waals surface area contributed by atoms with E-state index in [2.05, 4.69) is 10.7 Å². The molecule has 0 atom stereocenters. The topological polar surface area (TPSA) is 87.7 Å². The van der Waals surface area contributed by atoms with Gasteiger partial charge in [0.15, 0.2) is 10.9 Å². The molecular weight excluding hydrogens is 562 g/mol. The van der Waals surface area contributed by atoms with Crippen molar-refractivity contribution in [2.45, 2.75) is 25.7 Å². The molecule has 3 aromatic rings. The average molecular weight is 584 g/mol. The average Bonchev–Trinajstić information content (AvgIpc) is 3.46. The number of fused-ring (bicyclic) bond motifs is 1. The number of halogens is 1. The fourth-order valence-electron chi connectivity index (χ4n) is 4.16. The van der Waals surface area contributed by atoms with Gasteiger partial charge in [-0.3, -0.25) is 19.8 Å². The molecule has 0 saturated carbocycles. The van der Waals surface area contributed by atoms with Crippen LogP contribution in [0.1, 0.15) is 39.2 Å². The number of amides is 3. The number of thiophene rings is 1. The van der Waals surface area contributed by atoms with Crippen LogP contribution in [0.3, 0.4) is 0 Å². The van der Waals surface area contributed by atoms with Gasteiger partial charge >= 0.3 is 0 Å². The molecule has 5 rings (SSSR count). The maximum atomic E-state index is 13.1. The molecule has 0 bridgehead atoms. The molecule has 2 N–H and O–H groups in total. The maximum Gasteiger partial charge on any atom is 0.285 e. The van der Waals surface area contributed by atoms with E-state index in [4.69, 9.17) is 28.6 Å². The summed E-state index contributed by atoms with van der Waals surface area (Å²) in [5.41, 5.74) is 5.57. The number of ether oxygens (including phenoxy) is 1. The number of hydrogen-bond acceptors (Lipinski definition) is 7. The quantitative estimate of drug-likeness (QED) is 0.268. The molecule has 2 aliphatic rings. The van der Waals surface area contributed by atoms with Gasteiger partial charge in [0.1, 0.15) is 5.75 Å². The van der Waals surface area contributed by atoms with E-state index in [-0.39, 0.29) is 22.7 Å². The van der Waals surface area contributed by atoms with Crippen LogP contribution in [0.4, 0.5) is 5.69 Å². The largest absolute Gasteiger partial charge is 0.483 e. The van der Waals surface area contributed by atoms with E-state index in [9.17, 15) is 14.4 Å². The molecule has 1 aromatic heterocycles. The molecule has 1 saturated heterocycles. The van der Waals surface area contributed by atoms with E-state index < -0.39 is 5.91 Å². The lowest BCUT2D eigenvalue weighted by atomic mass is 9.96. The zero-order valence-corrected chi connectivity index (χ0v) is 23.2. The Kier molecular flexibility index (Phi) is 8.13. The normalized spacial score (nSPS) is 15.9. The monoisotopic (exact) mass is 583 g/mol. The van der Waals surface area contributed by atoms with Crippen LogP contribution in [0.15, 0.2) is 58.8 Å². The van der Waals surface area contributed by atoms with Crippen molar-refractivity contribution >= 4 is 80.7 Å². The fraction of sp³-hybridized carbons (Fsp3) is 0.185. The van der Waals surface area contributed by atoms with Gasteiger partial charge < -0.3 is 10.1 Å². The number of carbonyl (C=O) groups is 3. The second-order valence-electron chi connectivity index (χ2n) is 8.60. The number of nitrogens with zero attached hydrogens (tertiary/aromatic N) is 1. The van der Waals surface area contributed by atoms with E-state index in [1.54, 1.807) is 65.9 Å². The highest BCUT2D eigenvalue weighted by Gasteiger charge is 2.34. The van der Waals surface area contributed by atoms with Gasteiger partial charge in [-0.1, -0.05) is 41.6 Å². The Morgan fingerprint density at radius 3 is 2.68 bits per heavy atom. The van der Waals surface area contributed by atoms with Gasteiger partial charge in [0.25, 0.3) is 17.7 Å². The van der Waals surface area contributed by atoms with Crippen LogP contribution in [0.5, 0.6) is 5.75 Å². The molecular formula is C27H22ClN3O4S3. The second-order valence-corrected chi connectivity index (χ2v) is 11.7. The molecule has 1 aliphatic carbocycles. The number of thioether (sulfide) groups is 1. The third kappa shape index (κ3) is 5.94. The van der Waals surface area contributed by atoms with Crippen LogP contribution in [-0.4, -0.2) is 33.7 Å². The van der Waals surface area contributed by atoms with Gasteiger partial charge in [0, 0.05) is 26.5 Å². The van der Waals surface area contributed by atoms with E-state index in [0.29, 0.717) is 32.5 Å². The van der Waals surface area contributed by atoms with Gasteiger partial charge in [-0.25, -0.2) is 0 Å². The van der Waals surface area contributed by atoms with Crippen molar-refractivity contribution in [2.75, 3.05) is 11.9 Å². The molecule has 194 valence electrons. The van der Waals surface area contributed by atoms with Crippen molar-refractivity contribution in [3.05, 3.63) is 85.4 Å². The molecule has 7 nitrogen and oxygen atoms in total. The predicted molar refractivity (Wildman–Crippen MR) is 155 cm³/mol. The molecule has 0 radical (unpaired) electrons. The van der Waals surface area contributed by atoms with Crippen molar-refractivity contribution < 1.29 is 19.1 Å². The lowest BCUT2D eigenvalue weighted by Gasteiger charge is -2.17. The van der Waals surface area contributed by atoms with Crippen LogP contribution in [-0.2, 0) is 22.4 Å². The van der Waals surface area contributed by atoms with Gasteiger partial charge in [-0.15, -0.1) is 11.3 Å². The predicted octanol–water partition coefficient (Wildman–Crippen LogP) is 5.84. The number of nitrogens with one attached hydrogen (secondary N) is 2. The standard InChI is InChI=1S/C27H22ClN3O4S3/c28-17-9-11-18(12-10-17)29-24(32)14-35-21-7-3-1-5-16(21)13-23-26(34)31(27(36)38-23)30-25(33)20-15-37-22-8-4-2-6-19(20)22/h1,3,5,7,9-13,15H,2,4,6,8,14H2,(H,29,32)(H,30,33)/b23-13-. The summed E-state index contributed by atoms with van der Waals surface area (Å²) in [5, 5.41) is 6.28. The number of hydrazine groups is 1. The minimum atomic E-state index is -0.423. The van der Waals surface area contributed by atoms with E-state index in [1.165, 1.54) is 4.88 Å². The number of thiocarbonyl (C=S) groups is 1. The second kappa shape index (κ2) is 11.7. The summed E-state index contributed by atoms with van der Waals surface area (Å²) in [7, 11) is 0. The number of hydrogen-bond donors (Lipinski definition) is 2. The Hall–Kier alpha value is -3.18. The fourth-order valence-corrected chi connectivity index (χ4v) is 6.58. The molecule has 11 heteroatoms. The smallest absolute Gasteiger partial charge is 0.285 e. The number of aryl methyl sites for hydroxylation is 1. The van der Waals surface area contributed by atoms with Crippen LogP contribution in [0, 0.1) is 0 Å². The first-order chi connectivity index (χ1) is 18.4. The van der Waals surface area contributed by atoms with Gasteiger partial charge in [-0.2, -0.15) is 5.01 Å². The Morgan fingerprint density at radius 2 is 1.87 bits per heavy atom. The first-order valence-corrected chi connectivity index (χ1v) is 14.3. The molecule has 1 aliphatic heterocycles. The van der Waals surface area contributed by atoms with Crippen LogP contribution < -0.4 is 15.5 Å². The van der Waals surface area contributed by atoms with Gasteiger partial charge in [0.05, 0.1) is 10.5 Å². The summed E-state index contributed by atoms with van der Waals surface area (Å²) in [6.45, 7) is -0.227. The third-order valence-corrected chi connectivity index (χ3v) is 8.65. The lowest BCUT2D eigenvalue weighted by Crippen LogP contribution is -2.45. The van der Waals surface area contributed by atoms with E-state index >= 15 is 0 Å². The van der Waals surface area contributed by atoms with E-state index in [0.717, 1.165) is 48.0 Å². The highest BCUT2D eigenvalue weighted by atomic mass is 35.5. The van der Waals surface area contributed by atoms with Gasteiger partial charge in [0.2, 0.25) is 0 Å². The lowest BCUT2D eigenvalue weighted by molar-refractivity contribution is -0.123. The van der Waals surface area contributed by atoms with Crippen molar-refractivity contribution in [3.8, 4) is 5.75 Å². The van der Waals surface area contributed by atoms with Crippen molar-refractivity contribution in [3.63, 3.8) is 0 Å². The summed E-state index contributed by atoms with van der Waals surface area (Å²) < 4.78 is 5.98. The summed E-state index contributed by atoms with van der Waals surface area (Å²) in [6.07, 6.45) is 5.68. The summed E-state index contributed by atoms with van der Waals surface area (Å²) in [4.78, 5) is 40.1. The molecule has 1 fully saturated rings. The molecule has 2 heterocycles. The zero-order valence-electron chi connectivity index (χ0n) is 20.0. The number of benzene rings is 2. The van der Waals surface area contributed by atoms with Crippen molar-refractivity contribution in [2.24, 2.45) is 0 Å². The summed E-state index contributed by atoms with van der Waals surface area (Å²) in [5.74, 6) is -0.671. The molecule has 38 heavy (non-hydrogen) atoms. The number of anilines is 1. The van der Waals surface area contributed by atoms with Crippen LogP contribution >= 0.6 is 46.9 Å². The highest BCUT2D eigenvalue weighted by Crippen LogP contribution is 2.34. The molecule has 0 unspecified atom stereocenters. The van der Waals surface area contributed by atoms with Crippen LogP contribution in [0.2, 0.25) is 5.02 Å². The summed E-state index contributed by atoms with van der Waals surface area (Å²) >= 11 is 14.0. The Labute approximate surface area is 238 Å². The maximum absolute atomic E-state index is 13.1. The number of para-hydroxylation sites is 1. The Bertz CT molecular complexity index is 1450. The number of carbonyl (C=O) groups excluding carboxylic acids is 3. The molecule has 2 aromatic carbocycles. The zero-order chi connectivity index (χ0) is 26.6. The first kappa shape index (κ1) is 26.4. The minimum Gasteiger partial charge on any atom is -0.483 e. The van der Waals surface area contributed by atoms with Gasteiger partial charge in [-0.05, 0) is 79.9 Å². The van der Waals surface area contributed by atoms with Crippen molar-refractivity contribution in [1.82, 2.24) is 10.4 Å². The van der Waals surface area contributed by atoms with E-state index in [1.807, 2.05) is 5.38 Å². The van der Waals surface area contributed by atoms with Crippen LogP contribution in [0.25, 0.3) is 6.08 Å². The SMILES string of the molecule is O=C(COc1ccccc1/C=C1\SC(=S)N(NC(=O)c2csc3c2CCCC3)C1=O)Nc1ccc(Cl)cc1. The number of rotatable bonds is 7. The Morgan fingerprint density at radius 1 is 1.11 bits per heavy atom. The summed E-state index contributed by atoms with van der Waals surface area (Å²) in [6, 6.07) is 13.8. The Balaban J connectivity index is 1.25.